The molecule has 1 unspecified atom stereocenters. The van der Waals surface area contributed by atoms with Crippen LogP contribution in [-0.4, -0.2) is 96.3 Å². The fraction of sp³-hybridized carbons (Fsp3) is 0.640. The highest BCUT2D eigenvalue weighted by Gasteiger charge is 2.26. The van der Waals surface area contributed by atoms with Crippen LogP contribution in [0.4, 0.5) is 4.79 Å². The Bertz CT molecular complexity index is 864. The van der Waals surface area contributed by atoms with E-state index in [-0.39, 0.29) is 23.8 Å². The van der Waals surface area contributed by atoms with Gasteiger partial charge in [0.05, 0.1) is 12.5 Å². The molecule has 9 nitrogen and oxygen atoms in total. The zero-order valence-electron chi connectivity index (χ0n) is 20.1. The predicted molar refractivity (Wildman–Crippen MR) is 130 cm³/mol. The van der Waals surface area contributed by atoms with Gasteiger partial charge in [0.15, 0.2) is 0 Å². The fourth-order valence-corrected chi connectivity index (χ4v) is 5.21. The number of urea groups is 1. The molecule has 4 rings (SSSR count). The smallest absolute Gasteiger partial charge is 0.317 e. The molecule has 0 saturated carbocycles. The molecule has 0 aromatic heterocycles. The molecule has 0 aliphatic carbocycles. The summed E-state index contributed by atoms with van der Waals surface area (Å²) in [5.41, 5.74) is 7.72. The van der Waals surface area contributed by atoms with E-state index in [0.717, 1.165) is 44.6 Å². The summed E-state index contributed by atoms with van der Waals surface area (Å²) in [6.45, 7) is 7.77. The van der Waals surface area contributed by atoms with Crippen molar-refractivity contribution in [3.63, 3.8) is 0 Å². The van der Waals surface area contributed by atoms with E-state index in [1.165, 1.54) is 18.4 Å². The number of nitrogens with one attached hydrogen (secondary N) is 1. The lowest BCUT2D eigenvalue weighted by atomic mass is 9.97. The lowest BCUT2D eigenvalue weighted by Gasteiger charge is -2.35. The lowest BCUT2D eigenvalue weighted by molar-refractivity contribution is -0.133. The average Bonchev–Trinajstić information content (AvgIpc) is 3.36. The summed E-state index contributed by atoms with van der Waals surface area (Å²) in [5, 5.41) is 3.02. The van der Waals surface area contributed by atoms with Crippen LogP contribution in [0.3, 0.4) is 0 Å². The van der Waals surface area contributed by atoms with E-state index in [9.17, 15) is 14.4 Å². The molecule has 34 heavy (non-hydrogen) atoms. The zero-order chi connectivity index (χ0) is 23.9. The van der Waals surface area contributed by atoms with Crippen LogP contribution in [0.2, 0.25) is 0 Å². The highest BCUT2D eigenvalue weighted by molar-refractivity contribution is 5.79. The maximum Gasteiger partial charge on any atom is 0.317 e. The summed E-state index contributed by atoms with van der Waals surface area (Å²) < 4.78 is 0. The molecular weight excluding hydrogens is 432 g/mol. The Morgan fingerprint density at radius 2 is 1.56 bits per heavy atom. The third-order valence-electron chi connectivity index (χ3n) is 7.23. The second kappa shape index (κ2) is 11.7. The van der Waals surface area contributed by atoms with Gasteiger partial charge in [0.2, 0.25) is 11.8 Å². The van der Waals surface area contributed by atoms with Crippen molar-refractivity contribution in [2.24, 2.45) is 11.7 Å². The zero-order valence-corrected chi connectivity index (χ0v) is 20.1. The standard InChI is InChI=1S/C25H38N6O3/c26-24(33)22-7-4-10-29(18-22)17-21-6-3-5-20(15-21)16-27-25(34)31-13-11-30(12-14-31)23(32)19-28-8-1-2-9-28/h3,5-6,15,22H,1-2,4,7-14,16-19H2,(H2,26,33)(H,27,34). The van der Waals surface area contributed by atoms with Crippen molar-refractivity contribution in [1.29, 1.82) is 0 Å². The average molecular weight is 471 g/mol. The molecular formula is C25H38N6O3. The molecule has 1 aromatic rings. The lowest BCUT2D eigenvalue weighted by Crippen LogP contribution is -2.54. The molecule has 1 aromatic carbocycles. The number of nitrogens with zero attached hydrogens (tertiary/aromatic N) is 4. The van der Waals surface area contributed by atoms with E-state index in [1.807, 2.05) is 17.0 Å². The largest absolute Gasteiger partial charge is 0.369 e. The van der Waals surface area contributed by atoms with Gasteiger partial charge >= 0.3 is 6.03 Å². The van der Waals surface area contributed by atoms with Crippen LogP contribution in [0.1, 0.15) is 36.8 Å². The predicted octanol–water partition coefficient (Wildman–Crippen LogP) is 0.834. The van der Waals surface area contributed by atoms with Crippen molar-refractivity contribution in [2.75, 3.05) is 58.9 Å². The Hall–Kier alpha value is -2.65. The summed E-state index contributed by atoms with van der Waals surface area (Å²) in [6.07, 6.45) is 4.22. The van der Waals surface area contributed by atoms with Crippen molar-refractivity contribution >= 4 is 17.8 Å². The number of hydrogen-bond acceptors (Lipinski definition) is 5. The number of piperazine rings is 1. The van der Waals surface area contributed by atoms with Gasteiger partial charge in [-0.3, -0.25) is 19.4 Å². The first-order chi connectivity index (χ1) is 16.5. The number of hydrogen-bond donors (Lipinski definition) is 2. The summed E-state index contributed by atoms with van der Waals surface area (Å²) in [5.74, 6) is -0.0974. The number of amides is 4. The Morgan fingerprint density at radius 1 is 0.882 bits per heavy atom. The molecule has 1 atom stereocenters. The summed E-state index contributed by atoms with van der Waals surface area (Å²) in [6, 6.07) is 8.14. The van der Waals surface area contributed by atoms with E-state index in [4.69, 9.17) is 5.73 Å². The monoisotopic (exact) mass is 470 g/mol. The third-order valence-corrected chi connectivity index (χ3v) is 7.23. The normalized spacial score (nSPS) is 22.1. The molecule has 4 amide bonds. The second-order valence-electron chi connectivity index (χ2n) is 9.81. The first-order valence-corrected chi connectivity index (χ1v) is 12.6. The maximum absolute atomic E-state index is 12.7. The Balaban J connectivity index is 1.20. The van der Waals surface area contributed by atoms with Crippen LogP contribution < -0.4 is 11.1 Å². The van der Waals surface area contributed by atoms with Gasteiger partial charge in [-0.25, -0.2) is 4.79 Å². The summed E-state index contributed by atoms with van der Waals surface area (Å²) in [4.78, 5) is 44.9. The van der Waals surface area contributed by atoms with Gasteiger partial charge in [-0.15, -0.1) is 0 Å². The quantitative estimate of drug-likeness (QED) is 0.615. The molecule has 3 N–H and O–H groups in total. The van der Waals surface area contributed by atoms with Crippen LogP contribution in [0.25, 0.3) is 0 Å². The van der Waals surface area contributed by atoms with Crippen molar-refractivity contribution in [3.8, 4) is 0 Å². The van der Waals surface area contributed by atoms with Crippen LogP contribution in [0.15, 0.2) is 24.3 Å². The minimum Gasteiger partial charge on any atom is -0.369 e. The Kier molecular flexibility index (Phi) is 8.39. The van der Waals surface area contributed by atoms with Gasteiger partial charge in [-0.1, -0.05) is 24.3 Å². The molecule has 3 aliphatic heterocycles. The minimum absolute atomic E-state index is 0.0628. The summed E-state index contributed by atoms with van der Waals surface area (Å²) in [7, 11) is 0. The minimum atomic E-state index is -0.210. The molecule has 0 bridgehead atoms. The molecule has 0 radical (unpaired) electrons. The Labute approximate surface area is 202 Å². The van der Waals surface area contributed by atoms with E-state index < -0.39 is 0 Å². The molecule has 9 heteroatoms. The number of primary amides is 1. The number of nitrogens with two attached hydrogens (primary N) is 1. The molecule has 3 heterocycles. The number of piperidine rings is 1. The Morgan fingerprint density at radius 3 is 2.29 bits per heavy atom. The highest BCUT2D eigenvalue weighted by atomic mass is 16.2. The van der Waals surface area contributed by atoms with Crippen LogP contribution in [0.5, 0.6) is 0 Å². The van der Waals surface area contributed by atoms with Gasteiger partial charge in [-0.2, -0.15) is 0 Å². The van der Waals surface area contributed by atoms with Gasteiger partial charge in [0, 0.05) is 45.8 Å². The van der Waals surface area contributed by atoms with Crippen molar-refractivity contribution in [3.05, 3.63) is 35.4 Å². The van der Waals surface area contributed by atoms with E-state index in [0.29, 0.717) is 45.8 Å². The molecule has 186 valence electrons. The molecule has 3 saturated heterocycles. The van der Waals surface area contributed by atoms with Crippen LogP contribution in [0, 0.1) is 5.92 Å². The number of likely N-dealkylation sites (tertiary alicyclic amines) is 2. The molecule has 3 aliphatic rings. The first-order valence-electron chi connectivity index (χ1n) is 12.6. The van der Waals surface area contributed by atoms with E-state index in [1.54, 1.807) is 4.90 Å². The van der Waals surface area contributed by atoms with Gasteiger partial charge in [0.25, 0.3) is 0 Å². The SMILES string of the molecule is NC(=O)C1CCCN(Cc2cccc(CNC(=O)N3CCN(C(=O)CN4CCCC4)CC3)c2)C1. The van der Waals surface area contributed by atoms with Crippen molar-refractivity contribution < 1.29 is 14.4 Å². The number of benzene rings is 1. The summed E-state index contributed by atoms with van der Waals surface area (Å²) >= 11 is 0. The topological polar surface area (TPSA) is 102 Å². The van der Waals surface area contributed by atoms with E-state index in [2.05, 4.69) is 27.2 Å². The second-order valence-corrected chi connectivity index (χ2v) is 9.81. The third kappa shape index (κ3) is 6.70. The van der Waals surface area contributed by atoms with Gasteiger partial charge in [0.1, 0.15) is 0 Å². The number of rotatable bonds is 7. The van der Waals surface area contributed by atoms with Crippen LogP contribution in [-0.2, 0) is 22.7 Å². The first kappa shape index (κ1) is 24.5. The molecule has 3 fully saturated rings. The van der Waals surface area contributed by atoms with Gasteiger partial charge in [-0.05, 0) is 56.4 Å². The number of carbonyl (C=O) groups is 3. The fourth-order valence-electron chi connectivity index (χ4n) is 5.21. The van der Waals surface area contributed by atoms with Gasteiger partial charge < -0.3 is 20.9 Å². The van der Waals surface area contributed by atoms with Crippen molar-refractivity contribution in [1.82, 2.24) is 24.9 Å². The van der Waals surface area contributed by atoms with E-state index >= 15 is 0 Å². The number of carbonyl (C=O) groups excluding carboxylic acids is 3. The maximum atomic E-state index is 12.7. The van der Waals surface area contributed by atoms with Crippen molar-refractivity contribution in [2.45, 2.75) is 38.8 Å². The highest BCUT2D eigenvalue weighted by Crippen LogP contribution is 2.19. The van der Waals surface area contributed by atoms with Crippen LogP contribution >= 0.6 is 0 Å². The molecule has 0 spiro atoms.